The van der Waals surface area contributed by atoms with E-state index in [4.69, 9.17) is 0 Å². The zero-order valence-corrected chi connectivity index (χ0v) is 13.2. The molecule has 0 atom stereocenters. The molecule has 0 aliphatic heterocycles. The predicted octanol–water partition coefficient (Wildman–Crippen LogP) is 2.26. The summed E-state index contributed by atoms with van der Waals surface area (Å²) in [6, 6.07) is 13.5. The maximum Gasteiger partial charge on any atom is 0.337 e. The van der Waals surface area contributed by atoms with Crippen molar-refractivity contribution in [1.29, 1.82) is 0 Å². The Morgan fingerprint density at radius 1 is 1.17 bits per heavy atom. The molecule has 0 saturated carbocycles. The van der Waals surface area contributed by atoms with Crippen LogP contribution in [0.15, 0.2) is 53.6 Å². The molecule has 1 amide bonds. The van der Waals surface area contributed by atoms with Gasteiger partial charge in [-0.3, -0.25) is 4.79 Å². The molecule has 0 bridgehead atoms. The van der Waals surface area contributed by atoms with Gasteiger partial charge in [-0.15, -0.1) is 0 Å². The number of amides is 1. The van der Waals surface area contributed by atoms with Crippen LogP contribution in [0, 0.1) is 0 Å². The fraction of sp³-hybridized carbons (Fsp3) is 0.167. The molecule has 0 heterocycles. The zero-order chi connectivity index (χ0) is 17.4. The molecule has 6 heteroatoms. The van der Waals surface area contributed by atoms with Crippen molar-refractivity contribution in [2.24, 2.45) is 5.10 Å². The molecular weight excluding hydrogens is 308 g/mol. The highest BCUT2D eigenvalue weighted by atomic mass is 16.5. The molecule has 0 aliphatic carbocycles. The third-order valence-corrected chi connectivity index (χ3v) is 3.35. The van der Waals surface area contributed by atoms with Gasteiger partial charge >= 0.3 is 5.97 Å². The molecule has 0 fully saturated rings. The maximum absolute atomic E-state index is 11.7. The molecular formula is C18H18N2O4. The first-order chi connectivity index (χ1) is 11.6. The van der Waals surface area contributed by atoms with Crippen LogP contribution in [0.5, 0.6) is 5.75 Å². The number of rotatable bonds is 6. The summed E-state index contributed by atoms with van der Waals surface area (Å²) in [7, 11) is 1.32. The smallest absolute Gasteiger partial charge is 0.337 e. The van der Waals surface area contributed by atoms with Gasteiger partial charge in [-0.25, -0.2) is 10.2 Å². The summed E-state index contributed by atoms with van der Waals surface area (Å²) in [4.78, 5) is 23.0. The Balaban J connectivity index is 1.82. The van der Waals surface area contributed by atoms with Gasteiger partial charge in [0.1, 0.15) is 5.75 Å². The molecule has 124 valence electrons. The first-order valence-electron chi connectivity index (χ1n) is 7.37. The van der Waals surface area contributed by atoms with Crippen LogP contribution in [0.25, 0.3) is 0 Å². The van der Waals surface area contributed by atoms with E-state index in [0.29, 0.717) is 12.0 Å². The van der Waals surface area contributed by atoms with E-state index in [9.17, 15) is 14.7 Å². The van der Waals surface area contributed by atoms with Gasteiger partial charge in [0, 0.05) is 6.42 Å². The normalized spacial score (nSPS) is 10.5. The van der Waals surface area contributed by atoms with Crippen molar-refractivity contribution in [2.75, 3.05) is 7.11 Å². The van der Waals surface area contributed by atoms with Crippen molar-refractivity contribution < 1.29 is 19.4 Å². The van der Waals surface area contributed by atoms with Gasteiger partial charge in [0.05, 0.1) is 18.9 Å². The van der Waals surface area contributed by atoms with E-state index in [0.717, 1.165) is 11.1 Å². The number of aryl methyl sites for hydroxylation is 1. The summed E-state index contributed by atoms with van der Waals surface area (Å²) in [5.41, 5.74) is 4.33. The van der Waals surface area contributed by atoms with Gasteiger partial charge in [0.2, 0.25) is 5.91 Å². The Bertz CT molecular complexity index is 739. The van der Waals surface area contributed by atoms with Gasteiger partial charge in [-0.1, -0.05) is 30.3 Å². The Morgan fingerprint density at radius 2 is 1.88 bits per heavy atom. The minimum atomic E-state index is -0.407. The second-order valence-electron chi connectivity index (χ2n) is 5.04. The van der Waals surface area contributed by atoms with Gasteiger partial charge in [0.25, 0.3) is 0 Å². The van der Waals surface area contributed by atoms with Crippen molar-refractivity contribution in [3.63, 3.8) is 0 Å². The number of hydrogen-bond donors (Lipinski definition) is 2. The van der Waals surface area contributed by atoms with E-state index in [-0.39, 0.29) is 18.1 Å². The minimum absolute atomic E-state index is 0.180. The van der Waals surface area contributed by atoms with Crippen molar-refractivity contribution in [3.8, 4) is 5.75 Å². The average molecular weight is 326 g/mol. The molecule has 2 rings (SSSR count). The van der Waals surface area contributed by atoms with E-state index in [2.05, 4.69) is 15.3 Å². The van der Waals surface area contributed by atoms with Crippen LogP contribution >= 0.6 is 0 Å². The number of benzene rings is 2. The lowest BCUT2D eigenvalue weighted by atomic mass is 10.1. The molecule has 2 aromatic rings. The first-order valence-corrected chi connectivity index (χ1v) is 7.37. The van der Waals surface area contributed by atoms with Crippen LogP contribution in [-0.2, 0) is 16.0 Å². The number of nitrogens with one attached hydrogen (secondary N) is 1. The van der Waals surface area contributed by atoms with E-state index in [1.165, 1.54) is 13.3 Å². The van der Waals surface area contributed by atoms with E-state index < -0.39 is 5.97 Å². The highest BCUT2D eigenvalue weighted by Crippen LogP contribution is 2.16. The van der Waals surface area contributed by atoms with Gasteiger partial charge in [-0.05, 0) is 35.7 Å². The highest BCUT2D eigenvalue weighted by molar-refractivity contribution is 5.90. The minimum Gasteiger partial charge on any atom is -0.508 e. The fourth-order valence-electron chi connectivity index (χ4n) is 2.03. The van der Waals surface area contributed by atoms with Crippen LogP contribution in [0.1, 0.15) is 27.9 Å². The van der Waals surface area contributed by atoms with Crippen LogP contribution in [0.3, 0.4) is 0 Å². The molecule has 0 aromatic heterocycles. The Labute approximate surface area is 139 Å². The first kappa shape index (κ1) is 17.2. The van der Waals surface area contributed by atoms with Crippen molar-refractivity contribution in [2.45, 2.75) is 12.8 Å². The summed E-state index contributed by atoms with van der Waals surface area (Å²) in [5, 5.41) is 13.5. The number of carbonyl (C=O) groups excluding carboxylic acids is 2. The number of esters is 1. The molecule has 2 N–H and O–H groups in total. The van der Waals surface area contributed by atoms with Gasteiger partial charge < -0.3 is 9.84 Å². The SMILES string of the molecule is COC(=O)c1ccc(C=NNC(=O)CCc2ccccc2O)cc1. The monoisotopic (exact) mass is 326 g/mol. The standard InChI is InChI=1S/C18H18N2O4/c1-24-18(23)15-8-6-13(7-9-15)12-19-20-17(22)11-10-14-4-2-3-5-16(14)21/h2-9,12,21H,10-11H2,1H3,(H,20,22). The Morgan fingerprint density at radius 3 is 2.54 bits per heavy atom. The molecule has 0 saturated heterocycles. The molecule has 0 radical (unpaired) electrons. The summed E-state index contributed by atoms with van der Waals surface area (Å²) < 4.78 is 4.61. The number of phenolic OH excluding ortho intramolecular Hbond substituents is 1. The molecule has 6 nitrogen and oxygen atoms in total. The van der Waals surface area contributed by atoms with Gasteiger partial charge in [0.15, 0.2) is 0 Å². The molecule has 24 heavy (non-hydrogen) atoms. The van der Waals surface area contributed by atoms with Crippen molar-refractivity contribution >= 4 is 18.1 Å². The Hall–Kier alpha value is -3.15. The lowest BCUT2D eigenvalue weighted by Gasteiger charge is -2.03. The topological polar surface area (TPSA) is 88.0 Å². The highest BCUT2D eigenvalue weighted by Gasteiger charge is 2.05. The van der Waals surface area contributed by atoms with Gasteiger partial charge in [-0.2, -0.15) is 5.10 Å². The second kappa shape index (κ2) is 8.47. The number of hydrazone groups is 1. The zero-order valence-electron chi connectivity index (χ0n) is 13.2. The molecule has 2 aromatic carbocycles. The fourth-order valence-corrected chi connectivity index (χ4v) is 2.03. The number of aromatic hydroxyl groups is 1. The number of nitrogens with zero attached hydrogens (tertiary/aromatic N) is 1. The van der Waals surface area contributed by atoms with E-state index in [1.807, 2.05) is 6.07 Å². The molecule has 0 spiro atoms. The van der Waals surface area contributed by atoms with Crippen LogP contribution in [0.2, 0.25) is 0 Å². The molecule has 0 aliphatic rings. The average Bonchev–Trinajstić information content (AvgIpc) is 2.61. The third kappa shape index (κ3) is 4.95. The summed E-state index contributed by atoms with van der Waals surface area (Å²) in [5.74, 6) is -0.476. The van der Waals surface area contributed by atoms with Crippen LogP contribution in [-0.4, -0.2) is 30.3 Å². The van der Waals surface area contributed by atoms with Crippen molar-refractivity contribution in [3.05, 3.63) is 65.2 Å². The quantitative estimate of drug-likeness (QED) is 0.484. The Kier molecular flexibility index (Phi) is 6.08. The number of carbonyl (C=O) groups is 2. The lowest BCUT2D eigenvalue weighted by molar-refractivity contribution is -0.121. The summed E-state index contributed by atoms with van der Waals surface area (Å²) in [6.07, 6.45) is 2.14. The number of phenols is 1. The maximum atomic E-state index is 11.7. The summed E-state index contributed by atoms with van der Waals surface area (Å²) in [6.45, 7) is 0. The van der Waals surface area contributed by atoms with E-state index in [1.54, 1.807) is 42.5 Å². The van der Waals surface area contributed by atoms with E-state index >= 15 is 0 Å². The number of para-hydroxylation sites is 1. The lowest BCUT2D eigenvalue weighted by Crippen LogP contribution is -2.17. The van der Waals surface area contributed by atoms with Crippen LogP contribution < -0.4 is 5.43 Å². The molecule has 0 unspecified atom stereocenters. The summed E-state index contributed by atoms with van der Waals surface area (Å²) >= 11 is 0. The van der Waals surface area contributed by atoms with Crippen molar-refractivity contribution in [1.82, 2.24) is 5.43 Å². The largest absolute Gasteiger partial charge is 0.508 e. The predicted molar refractivity (Wildman–Crippen MR) is 89.9 cm³/mol. The third-order valence-electron chi connectivity index (χ3n) is 3.35. The number of methoxy groups -OCH3 is 1. The second-order valence-corrected chi connectivity index (χ2v) is 5.04. The van der Waals surface area contributed by atoms with Crippen LogP contribution in [0.4, 0.5) is 0 Å². The number of ether oxygens (including phenoxy) is 1. The number of hydrogen-bond acceptors (Lipinski definition) is 5.